The van der Waals surface area contributed by atoms with Gasteiger partial charge in [-0.3, -0.25) is 0 Å². The number of rotatable bonds is 8. The molecule has 0 bridgehead atoms. The molecule has 0 amide bonds. The summed E-state index contributed by atoms with van der Waals surface area (Å²) in [5, 5.41) is 9.85. The van der Waals surface area contributed by atoms with E-state index >= 15 is 0 Å². The number of benzene rings is 3. The van der Waals surface area contributed by atoms with Gasteiger partial charge in [0.15, 0.2) is 0 Å². The maximum absolute atomic E-state index is 4.67. The molecular weight excluding hydrogens is 394 g/mol. The fraction of sp³-hybridized carbons (Fsp3) is 0.0370. The first-order valence-electron chi connectivity index (χ1n) is 10.3. The van der Waals surface area contributed by atoms with Crippen LogP contribution in [-0.2, 0) is 0 Å². The van der Waals surface area contributed by atoms with Crippen LogP contribution in [0.5, 0.6) is 0 Å². The summed E-state index contributed by atoms with van der Waals surface area (Å²) in [4.78, 5) is 9.04. The van der Waals surface area contributed by atoms with E-state index in [1.54, 1.807) is 6.20 Å². The molecule has 0 radical (unpaired) electrons. The molecule has 0 unspecified atom stereocenters. The molecule has 5 nitrogen and oxygen atoms in total. The number of allylic oxidation sites excluding steroid dienone is 1. The number of hydrogen-bond donors (Lipinski definition) is 3. The SMILES string of the molecule is C=C(C)Nc1ccc(-c2ccnc(Nc3cccc(NC(=C)c4ccccc4)c3)n2)cc1. The lowest BCUT2D eigenvalue weighted by Crippen LogP contribution is -2.00. The maximum atomic E-state index is 4.67. The standard InChI is InChI=1S/C27H25N5/c1-19(2)29-23-14-12-22(13-15-23)26-16-17-28-27(32-26)31-25-11-7-10-24(18-25)30-20(3)21-8-5-4-6-9-21/h4-18,29-30H,1,3H2,2H3,(H,28,31,32). The Hall–Kier alpha value is -4.38. The van der Waals surface area contributed by atoms with E-state index in [4.69, 9.17) is 0 Å². The monoisotopic (exact) mass is 419 g/mol. The predicted octanol–water partition coefficient (Wildman–Crippen LogP) is 6.92. The molecule has 5 heteroatoms. The number of hydrogen-bond acceptors (Lipinski definition) is 5. The average molecular weight is 420 g/mol. The second-order valence-corrected chi connectivity index (χ2v) is 7.42. The van der Waals surface area contributed by atoms with Crippen LogP contribution in [-0.4, -0.2) is 9.97 Å². The third kappa shape index (κ3) is 5.40. The zero-order chi connectivity index (χ0) is 22.3. The molecule has 32 heavy (non-hydrogen) atoms. The Morgan fingerprint density at radius 2 is 1.50 bits per heavy atom. The van der Waals surface area contributed by atoms with Gasteiger partial charge < -0.3 is 16.0 Å². The molecule has 0 aliphatic heterocycles. The highest BCUT2D eigenvalue weighted by molar-refractivity contribution is 5.77. The van der Waals surface area contributed by atoms with E-state index in [0.717, 1.165) is 45.3 Å². The quantitative estimate of drug-likeness (QED) is 0.289. The molecule has 0 fully saturated rings. The van der Waals surface area contributed by atoms with Crippen molar-refractivity contribution in [2.45, 2.75) is 6.92 Å². The zero-order valence-electron chi connectivity index (χ0n) is 18.0. The summed E-state index contributed by atoms with van der Waals surface area (Å²) in [5.74, 6) is 0.533. The molecule has 4 aromatic rings. The summed E-state index contributed by atoms with van der Waals surface area (Å²) in [6.45, 7) is 9.93. The lowest BCUT2D eigenvalue weighted by atomic mass is 10.1. The maximum Gasteiger partial charge on any atom is 0.227 e. The van der Waals surface area contributed by atoms with Gasteiger partial charge in [-0.1, -0.05) is 61.7 Å². The van der Waals surface area contributed by atoms with Crippen LogP contribution < -0.4 is 16.0 Å². The predicted molar refractivity (Wildman–Crippen MR) is 135 cm³/mol. The van der Waals surface area contributed by atoms with E-state index in [0.29, 0.717) is 5.95 Å². The third-order valence-corrected chi connectivity index (χ3v) is 4.73. The van der Waals surface area contributed by atoms with Gasteiger partial charge in [0.25, 0.3) is 0 Å². The van der Waals surface area contributed by atoms with Gasteiger partial charge in [0, 0.05) is 40.2 Å². The highest BCUT2D eigenvalue weighted by Crippen LogP contribution is 2.24. The van der Waals surface area contributed by atoms with Crippen molar-refractivity contribution in [3.63, 3.8) is 0 Å². The zero-order valence-corrected chi connectivity index (χ0v) is 18.0. The first-order valence-corrected chi connectivity index (χ1v) is 10.3. The lowest BCUT2D eigenvalue weighted by Gasteiger charge is -2.12. The minimum Gasteiger partial charge on any atom is -0.360 e. The molecule has 0 saturated heterocycles. The Labute approximate surface area is 188 Å². The Morgan fingerprint density at radius 1 is 0.750 bits per heavy atom. The van der Waals surface area contributed by atoms with E-state index < -0.39 is 0 Å². The fourth-order valence-electron chi connectivity index (χ4n) is 3.24. The van der Waals surface area contributed by atoms with E-state index in [1.807, 2.05) is 91.9 Å². The highest BCUT2D eigenvalue weighted by atomic mass is 15.1. The molecule has 4 rings (SSSR count). The van der Waals surface area contributed by atoms with E-state index in [-0.39, 0.29) is 0 Å². The van der Waals surface area contributed by atoms with Gasteiger partial charge in [0.1, 0.15) is 0 Å². The Balaban J connectivity index is 1.47. The largest absolute Gasteiger partial charge is 0.360 e. The van der Waals surface area contributed by atoms with Crippen molar-refractivity contribution in [3.05, 3.63) is 116 Å². The third-order valence-electron chi connectivity index (χ3n) is 4.73. The molecule has 1 aromatic heterocycles. The molecule has 1 heterocycles. The van der Waals surface area contributed by atoms with Crippen molar-refractivity contribution < 1.29 is 0 Å². The van der Waals surface area contributed by atoms with Gasteiger partial charge in [-0.15, -0.1) is 0 Å². The molecule has 0 atom stereocenters. The molecule has 158 valence electrons. The molecule has 0 aliphatic carbocycles. The van der Waals surface area contributed by atoms with Crippen LogP contribution in [0.2, 0.25) is 0 Å². The molecule has 0 aliphatic rings. The van der Waals surface area contributed by atoms with Gasteiger partial charge in [-0.05, 0) is 48.9 Å². The average Bonchev–Trinajstić information content (AvgIpc) is 2.80. The Kier molecular flexibility index (Phi) is 6.28. The van der Waals surface area contributed by atoms with Crippen LogP contribution in [0.4, 0.5) is 23.0 Å². The van der Waals surface area contributed by atoms with Crippen LogP contribution in [0.15, 0.2) is 110 Å². The van der Waals surface area contributed by atoms with Crippen LogP contribution in [0.1, 0.15) is 12.5 Å². The van der Waals surface area contributed by atoms with Gasteiger partial charge in [-0.2, -0.15) is 0 Å². The summed E-state index contributed by atoms with van der Waals surface area (Å²) >= 11 is 0. The second kappa shape index (κ2) is 9.62. The molecular formula is C27H25N5. The molecule has 0 spiro atoms. The van der Waals surface area contributed by atoms with Crippen molar-refractivity contribution in [1.82, 2.24) is 9.97 Å². The van der Waals surface area contributed by atoms with Gasteiger partial charge in [-0.25, -0.2) is 9.97 Å². The molecule has 0 saturated carbocycles. The van der Waals surface area contributed by atoms with Gasteiger partial charge in [0.2, 0.25) is 5.95 Å². The van der Waals surface area contributed by atoms with Crippen LogP contribution in [0.25, 0.3) is 17.0 Å². The van der Waals surface area contributed by atoms with E-state index in [2.05, 4.69) is 39.1 Å². The van der Waals surface area contributed by atoms with Crippen molar-refractivity contribution in [1.29, 1.82) is 0 Å². The summed E-state index contributed by atoms with van der Waals surface area (Å²) in [5.41, 5.74) is 7.45. The van der Waals surface area contributed by atoms with Crippen molar-refractivity contribution in [2.75, 3.05) is 16.0 Å². The topological polar surface area (TPSA) is 61.9 Å². The van der Waals surface area contributed by atoms with Crippen molar-refractivity contribution >= 4 is 28.7 Å². The minimum absolute atomic E-state index is 0.533. The summed E-state index contributed by atoms with van der Waals surface area (Å²) in [7, 11) is 0. The number of nitrogens with one attached hydrogen (secondary N) is 3. The first-order chi connectivity index (χ1) is 15.6. The number of nitrogens with zero attached hydrogens (tertiary/aromatic N) is 2. The van der Waals surface area contributed by atoms with Crippen LogP contribution in [0.3, 0.4) is 0 Å². The highest BCUT2D eigenvalue weighted by Gasteiger charge is 2.05. The van der Waals surface area contributed by atoms with E-state index in [1.165, 1.54) is 0 Å². The Morgan fingerprint density at radius 3 is 2.25 bits per heavy atom. The van der Waals surface area contributed by atoms with Crippen molar-refractivity contribution in [2.24, 2.45) is 0 Å². The smallest absolute Gasteiger partial charge is 0.227 e. The van der Waals surface area contributed by atoms with Gasteiger partial charge in [0.05, 0.1) is 5.69 Å². The number of aromatic nitrogens is 2. The fourth-order valence-corrected chi connectivity index (χ4v) is 3.24. The van der Waals surface area contributed by atoms with Crippen LogP contribution in [0, 0.1) is 0 Å². The summed E-state index contributed by atoms with van der Waals surface area (Å²) in [6, 6.07) is 27.9. The lowest BCUT2D eigenvalue weighted by molar-refractivity contribution is 1.17. The second-order valence-electron chi connectivity index (χ2n) is 7.42. The molecule has 3 N–H and O–H groups in total. The summed E-state index contributed by atoms with van der Waals surface area (Å²) < 4.78 is 0. The van der Waals surface area contributed by atoms with Gasteiger partial charge >= 0.3 is 0 Å². The Bertz CT molecular complexity index is 1230. The van der Waals surface area contributed by atoms with E-state index in [9.17, 15) is 0 Å². The summed E-state index contributed by atoms with van der Waals surface area (Å²) in [6.07, 6.45) is 1.75. The van der Waals surface area contributed by atoms with Crippen molar-refractivity contribution in [3.8, 4) is 11.3 Å². The van der Waals surface area contributed by atoms with Crippen LogP contribution >= 0.6 is 0 Å². The minimum atomic E-state index is 0.533. The first kappa shape index (κ1) is 20.9. The number of anilines is 4. The normalized spacial score (nSPS) is 10.3. The molecule has 3 aromatic carbocycles.